The van der Waals surface area contributed by atoms with Crippen LogP contribution in [0.4, 0.5) is 0 Å². The van der Waals surface area contributed by atoms with Crippen LogP contribution in [-0.2, 0) is 22.3 Å². The van der Waals surface area contributed by atoms with Gasteiger partial charge in [0.15, 0.2) is 11.8 Å². The maximum Gasteiger partial charge on any atom is 0.189 e. The van der Waals surface area contributed by atoms with Crippen LogP contribution in [-0.4, -0.2) is 41.1 Å². The van der Waals surface area contributed by atoms with E-state index >= 15 is 0 Å². The van der Waals surface area contributed by atoms with Gasteiger partial charge in [0.2, 0.25) is 0 Å². The number of hydrogen-bond donors (Lipinski definition) is 1. The van der Waals surface area contributed by atoms with E-state index in [9.17, 15) is 0 Å². The van der Waals surface area contributed by atoms with Gasteiger partial charge in [0.05, 0.1) is 23.9 Å². The quantitative estimate of drug-likeness (QED) is 0.926. The topological polar surface area (TPSA) is 59.0 Å². The Labute approximate surface area is 125 Å². The first-order valence-electron chi connectivity index (χ1n) is 7.41. The Morgan fingerprint density at radius 3 is 1.67 bits per heavy atom. The van der Waals surface area contributed by atoms with Crippen LogP contribution in [0.25, 0.3) is 0 Å². The predicted molar refractivity (Wildman–Crippen MR) is 83.1 cm³/mol. The molecule has 3 heterocycles. The summed E-state index contributed by atoms with van der Waals surface area (Å²) < 4.78 is 11.2. The van der Waals surface area contributed by atoms with Gasteiger partial charge in [-0.1, -0.05) is 0 Å². The lowest BCUT2D eigenvalue weighted by Crippen LogP contribution is -2.17. The number of H-pyrrole nitrogens is 1. The van der Waals surface area contributed by atoms with E-state index in [0.29, 0.717) is 26.1 Å². The van der Waals surface area contributed by atoms with Gasteiger partial charge in [0.1, 0.15) is 13.2 Å². The van der Waals surface area contributed by atoms with Crippen molar-refractivity contribution in [2.45, 2.75) is 51.6 Å². The van der Waals surface area contributed by atoms with Gasteiger partial charge < -0.3 is 14.5 Å². The zero-order valence-electron chi connectivity index (χ0n) is 13.2. The van der Waals surface area contributed by atoms with Gasteiger partial charge in [0.25, 0.3) is 0 Å². The molecule has 21 heavy (non-hydrogen) atoms. The molecule has 1 N–H and O–H groups in total. The van der Waals surface area contributed by atoms with Gasteiger partial charge in [-0.3, -0.25) is 0 Å². The summed E-state index contributed by atoms with van der Waals surface area (Å²) in [6, 6.07) is 4.15. The van der Waals surface area contributed by atoms with Crippen molar-refractivity contribution >= 4 is 11.8 Å². The Morgan fingerprint density at radius 1 is 0.905 bits per heavy atom. The highest BCUT2D eigenvalue weighted by Gasteiger charge is 2.27. The molecule has 0 atom stereocenters. The molecule has 0 fully saturated rings. The molecule has 3 rings (SSSR count). The Bertz CT molecular complexity index is 546. The van der Waals surface area contributed by atoms with Crippen LogP contribution < -0.4 is 0 Å². The minimum atomic E-state index is -0.0945. The number of aromatic amines is 1. The fourth-order valence-electron chi connectivity index (χ4n) is 2.53. The molecule has 1 aromatic heterocycles. The standard InChI is InChI=1S/C16H23N3O2/c1-15(2)9-20-13(18-15)7-11-5-6-12(17-11)8-14-19-16(3,4)10-21-14/h5-6,17H,7-10H2,1-4H3. The zero-order valence-corrected chi connectivity index (χ0v) is 13.2. The number of hydrogen-bond acceptors (Lipinski definition) is 4. The molecule has 114 valence electrons. The maximum atomic E-state index is 5.62. The van der Waals surface area contributed by atoms with Crippen LogP contribution in [0.2, 0.25) is 0 Å². The van der Waals surface area contributed by atoms with Gasteiger partial charge in [-0.15, -0.1) is 0 Å². The second-order valence-corrected chi connectivity index (χ2v) is 7.08. The van der Waals surface area contributed by atoms with E-state index in [1.807, 2.05) is 0 Å². The van der Waals surface area contributed by atoms with E-state index < -0.39 is 0 Å². The third-order valence-corrected chi connectivity index (χ3v) is 3.53. The largest absolute Gasteiger partial charge is 0.478 e. The average molecular weight is 289 g/mol. The van der Waals surface area contributed by atoms with Crippen molar-refractivity contribution in [1.82, 2.24) is 4.98 Å². The highest BCUT2D eigenvalue weighted by Crippen LogP contribution is 2.20. The molecular weight excluding hydrogens is 266 g/mol. The van der Waals surface area contributed by atoms with Crippen LogP contribution in [0.3, 0.4) is 0 Å². The van der Waals surface area contributed by atoms with Gasteiger partial charge >= 0.3 is 0 Å². The summed E-state index contributed by atoms with van der Waals surface area (Å²) in [6.45, 7) is 9.65. The molecule has 2 aliphatic rings. The number of ether oxygens (including phenoxy) is 2. The van der Waals surface area contributed by atoms with Crippen LogP contribution in [0.5, 0.6) is 0 Å². The second kappa shape index (κ2) is 4.90. The highest BCUT2D eigenvalue weighted by molar-refractivity contribution is 5.81. The van der Waals surface area contributed by atoms with Gasteiger partial charge in [-0.25, -0.2) is 9.98 Å². The third kappa shape index (κ3) is 3.46. The molecule has 0 aliphatic carbocycles. The normalized spacial score (nSPS) is 22.5. The van der Waals surface area contributed by atoms with Crippen molar-refractivity contribution in [2.24, 2.45) is 9.98 Å². The van der Waals surface area contributed by atoms with Crippen molar-refractivity contribution in [3.8, 4) is 0 Å². The van der Waals surface area contributed by atoms with E-state index in [1.54, 1.807) is 0 Å². The molecule has 5 nitrogen and oxygen atoms in total. The van der Waals surface area contributed by atoms with Crippen LogP contribution in [0.1, 0.15) is 39.1 Å². The molecule has 0 spiro atoms. The number of nitrogens with zero attached hydrogens (tertiary/aromatic N) is 2. The van der Waals surface area contributed by atoms with Crippen molar-refractivity contribution < 1.29 is 9.47 Å². The number of aliphatic imine (C=N–C) groups is 2. The third-order valence-electron chi connectivity index (χ3n) is 3.53. The SMILES string of the molecule is CC1(C)COC(Cc2ccc(CC3=NC(C)(C)CO3)[nH]2)=N1. The molecular formula is C16H23N3O2. The van der Waals surface area contributed by atoms with Crippen molar-refractivity contribution in [3.63, 3.8) is 0 Å². The van der Waals surface area contributed by atoms with Gasteiger partial charge in [-0.05, 0) is 39.8 Å². The van der Waals surface area contributed by atoms with E-state index in [4.69, 9.17) is 9.47 Å². The molecule has 0 amide bonds. The molecule has 2 aliphatic heterocycles. The summed E-state index contributed by atoms with van der Waals surface area (Å²) in [6.07, 6.45) is 1.42. The molecule has 0 saturated heterocycles. The number of nitrogens with one attached hydrogen (secondary N) is 1. The smallest absolute Gasteiger partial charge is 0.189 e. The average Bonchev–Trinajstić information content (AvgIpc) is 3.02. The van der Waals surface area contributed by atoms with Gasteiger partial charge in [-0.2, -0.15) is 0 Å². The molecule has 0 radical (unpaired) electrons. The number of aromatic nitrogens is 1. The summed E-state index contributed by atoms with van der Waals surface area (Å²) in [4.78, 5) is 12.5. The van der Waals surface area contributed by atoms with Crippen LogP contribution in [0, 0.1) is 0 Å². The van der Waals surface area contributed by atoms with Crippen LogP contribution >= 0.6 is 0 Å². The first kappa shape index (κ1) is 14.2. The Hall–Kier alpha value is -1.78. The molecule has 5 heteroatoms. The predicted octanol–water partition coefficient (Wildman–Crippen LogP) is 2.51. The van der Waals surface area contributed by atoms with E-state index in [0.717, 1.165) is 23.2 Å². The summed E-state index contributed by atoms with van der Waals surface area (Å²) >= 11 is 0. The van der Waals surface area contributed by atoms with Crippen molar-refractivity contribution in [1.29, 1.82) is 0 Å². The summed E-state index contributed by atoms with van der Waals surface area (Å²) in [7, 11) is 0. The molecule has 0 bridgehead atoms. The van der Waals surface area contributed by atoms with E-state index in [-0.39, 0.29) is 11.1 Å². The van der Waals surface area contributed by atoms with Crippen molar-refractivity contribution in [2.75, 3.05) is 13.2 Å². The lowest BCUT2D eigenvalue weighted by atomic mass is 10.1. The first-order chi connectivity index (χ1) is 9.81. The summed E-state index contributed by atoms with van der Waals surface area (Å²) in [5, 5.41) is 0. The number of rotatable bonds is 4. The summed E-state index contributed by atoms with van der Waals surface area (Å²) in [5.41, 5.74) is 2.03. The molecule has 0 saturated carbocycles. The van der Waals surface area contributed by atoms with Gasteiger partial charge in [0, 0.05) is 11.4 Å². The molecule has 0 unspecified atom stereocenters. The fourth-order valence-corrected chi connectivity index (χ4v) is 2.53. The minimum Gasteiger partial charge on any atom is -0.478 e. The fraction of sp³-hybridized carbons (Fsp3) is 0.625. The molecule has 1 aromatic rings. The Morgan fingerprint density at radius 2 is 1.33 bits per heavy atom. The van der Waals surface area contributed by atoms with Crippen LogP contribution in [0.15, 0.2) is 22.1 Å². The van der Waals surface area contributed by atoms with E-state index in [1.165, 1.54) is 0 Å². The Kier molecular flexibility index (Phi) is 3.30. The lowest BCUT2D eigenvalue weighted by molar-refractivity contribution is 0.275. The van der Waals surface area contributed by atoms with Crippen molar-refractivity contribution in [3.05, 3.63) is 23.5 Å². The highest BCUT2D eigenvalue weighted by atomic mass is 16.5. The first-order valence-corrected chi connectivity index (χ1v) is 7.41. The monoisotopic (exact) mass is 289 g/mol. The molecule has 0 aromatic carbocycles. The lowest BCUT2D eigenvalue weighted by Gasteiger charge is -2.07. The Balaban J connectivity index is 1.62. The minimum absolute atomic E-state index is 0.0945. The van der Waals surface area contributed by atoms with E-state index in [2.05, 4.69) is 54.8 Å². The second-order valence-electron chi connectivity index (χ2n) is 7.08. The summed E-state index contributed by atoms with van der Waals surface area (Å²) in [5.74, 6) is 1.62. The zero-order chi connectivity index (χ0) is 15.1. The maximum absolute atomic E-state index is 5.62.